The summed E-state index contributed by atoms with van der Waals surface area (Å²) in [4.78, 5) is 11.9. The van der Waals surface area contributed by atoms with Gasteiger partial charge in [0.2, 0.25) is 0 Å². The fourth-order valence-corrected chi connectivity index (χ4v) is 2.32. The number of furan rings is 1. The number of benzene rings is 1. The molecule has 0 unspecified atom stereocenters. The number of halogens is 2. The number of nitrogens with one attached hydrogen (secondary N) is 1. The molecule has 124 valence electrons. The van der Waals surface area contributed by atoms with E-state index in [1.807, 2.05) is 6.07 Å². The zero-order chi connectivity index (χ0) is 17.5. The number of rotatable bonds is 6. The van der Waals surface area contributed by atoms with E-state index in [4.69, 9.17) is 37.6 Å². The Hall–Kier alpha value is -2.26. The second kappa shape index (κ2) is 8.55. The minimum atomic E-state index is -0.492. The highest BCUT2D eigenvalue weighted by molar-refractivity contribution is 6.43. The summed E-state index contributed by atoms with van der Waals surface area (Å²) >= 11 is 12.1. The van der Waals surface area contributed by atoms with Gasteiger partial charge in [-0.1, -0.05) is 29.3 Å². The molecule has 0 saturated heterocycles. The van der Waals surface area contributed by atoms with Crippen LogP contribution in [-0.2, 0) is 9.53 Å². The molecule has 24 heavy (non-hydrogen) atoms. The number of hydrogen-bond acceptors (Lipinski definition) is 4. The van der Waals surface area contributed by atoms with Crippen molar-refractivity contribution < 1.29 is 13.9 Å². The summed E-state index contributed by atoms with van der Waals surface area (Å²) in [5.74, 6) is 0.360. The van der Waals surface area contributed by atoms with Gasteiger partial charge in [0.1, 0.15) is 23.2 Å². The van der Waals surface area contributed by atoms with Crippen LogP contribution in [0.25, 0.3) is 17.4 Å². The van der Waals surface area contributed by atoms with Crippen molar-refractivity contribution in [2.45, 2.75) is 0 Å². The lowest BCUT2D eigenvalue weighted by molar-refractivity contribution is -0.117. The van der Waals surface area contributed by atoms with Crippen LogP contribution in [0.4, 0.5) is 0 Å². The predicted octanol–water partition coefficient (Wildman–Crippen LogP) is 3.92. The summed E-state index contributed by atoms with van der Waals surface area (Å²) in [5.41, 5.74) is 0.566. The molecule has 1 aromatic heterocycles. The predicted molar refractivity (Wildman–Crippen MR) is 92.6 cm³/mol. The number of amides is 1. The lowest BCUT2D eigenvalue weighted by Gasteiger charge is -2.03. The Morgan fingerprint density at radius 2 is 2.17 bits per heavy atom. The van der Waals surface area contributed by atoms with Gasteiger partial charge in [-0.15, -0.1) is 0 Å². The summed E-state index contributed by atoms with van der Waals surface area (Å²) in [6.45, 7) is 0.679. The lowest BCUT2D eigenvalue weighted by Crippen LogP contribution is -2.27. The summed E-state index contributed by atoms with van der Waals surface area (Å²) in [6.07, 6.45) is 1.37. The number of nitrogens with zero attached hydrogens (tertiary/aromatic N) is 1. The van der Waals surface area contributed by atoms with Crippen molar-refractivity contribution in [1.82, 2.24) is 5.32 Å². The number of carbonyl (C=O) groups is 1. The Morgan fingerprint density at radius 1 is 1.38 bits per heavy atom. The van der Waals surface area contributed by atoms with Crippen LogP contribution in [-0.4, -0.2) is 26.2 Å². The second-order valence-electron chi connectivity index (χ2n) is 4.72. The average molecular weight is 365 g/mol. The minimum Gasteiger partial charge on any atom is -0.457 e. The van der Waals surface area contributed by atoms with Crippen LogP contribution < -0.4 is 5.32 Å². The van der Waals surface area contributed by atoms with E-state index in [0.29, 0.717) is 40.3 Å². The third-order valence-corrected chi connectivity index (χ3v) is 3.91. The lowest BCUT2D eigenvalue weighted by atomic mass is 10.2. The Balaban J connectivity index is 2.21. The van der Waals surface area contributed by atoms with Crippen LogP contribution in [0.5, 0.6) is 0 Å². The van der Waals surface area contributed by atoms with Crippen molar-refractivity contribution in [2.75, 3.05) is 20.3 Å². The average Bonchev–Trinajstić information content (AvgIpc) is 3.03. The molecule has 1 N–H and O–H groups in total. The first-order valence-electron chi connectivity index (χ1n) is 7.00. The summed E-state index contributed by atoms with van der Waals surface area (Å²) in [7, 11) is 1.53. The van der Waals surface area contributed by atoms with E-state index < -0.39 is 5.91 Å². The molecule has 1 heterocycles. The van der Waals surface area contributed by atoms with E-state index in [0.717, 1.165) is 0 Å². The molecule has 2 aromatic rings. The van der Waals surface area contributed by atoms with Crippen LogP contribution in [0.15, 0.2) is 40.3 Å². The van der Waals surface area contributed by atoms with E-state index in [1.54, 1.807) is 30.3 Å². The maximum Gasteiger partial charge on any atom is 0.262 e. The quantitative estimate of drug-likeness (QED) is 0.478. The highest BCUT2D eigenvalue weighted by atomic mass is 35.5. The Bertz CT molecular complexity index is 806. The van der Waals surface area contributed by atoms with Gasteiger partial charge in [-0.05, 0) is 24.3 Å². The van der Waals surface area contributed by atoms with Gasteiger partial charge in [-0.3, -0.25) is 4.79 Å². The largest absolute Gasteiger partial charge is 0.457 e. The molecule has 0 aliphatic rings. The van der Waals surface area contributed by atoms with Crippen molar-refractivity contribution in [1.29, 1.82) is 5.26 Å². The standard InChI is InChI=1S/C17H14Cl2N2O3/c1-23-8-7-21-17(22)11(10-20)9-12-5-6-15(24-12)13-3-2-4-14(18)16(13)19/h2-6,9H,7-8H2,1H3,(H,21,22)/b11-9-. The maximum atomic E-state index is 11.9. The number of ether oxygens (including phenoxy) is 1. The number of carbonyl (C=O) groups excluding carboxylic acids is 1. The van der Waals surface area contributed by atoms with Crippen molar-refractivity contribution in [2.24, 2.45) is 0 Å². The van der Waals surface area contributed by atoms with Gasteiger partial charge < -0.3 is 14.5 Å². The van der Waals surface area contributed by atoms with E-state index >= 15 is 0 Å². The fraction of sp³-hybridized carbons (Fsp3) is 0.176. The van der Waals surface area contributed by atoms with E-state index in [1.165, 1.54) is 13.2 Å². The highest BCUT2D eigenvalue weighted by Gasteiger charge is 2.13. The number of nitriles is 1. The SMILES string of the molecule is COCCNC(=O)/C(C#N)=C\c1ccc(-c2cccc(Cl)c2Cl)o1. The van der Waals surface area contributed by atoms with E-state index in [-0.39, 0.29) is 5.57 Å². The Labute approximate surface area is 149 Å². The van der Waals surface area contributed by atoms with Crippen LogP contribution >= 0.6 is 23.2 Å². The monoisotopic (exact) mass is 364 g/mol. The molecular formula is C17H14Cl2N2O3. The summed E-state index contributed by atoms with van der Waals surface area (Å²) in [6, 6.07) is 10.4. The second-order valence-corrected chi connectivity index (χ2v) is 5.51. The molecule has 0 aliphatic carbocycles. The third-order valence-electron chi connectivity index (χ3n) is 3.09. The zero-order valence-corrected chi connectivity index (χ0v) is 14.3. The van der Waals surface area contributed by atoms with Gasteiger partial charge in [-0.25, -0.2) is 0 Å². The summed E-state index contributed by atoms with van der Waals surface area (Å²) < 4.78 is 10.5. The third kappa shape index (κ3) is 4.39. The first-order chi connectivity index (χ1) is 11.6. The molecular weight excluding hydrogens is 351 g/mol. The van der Waals surface area contributed by atoms with E-state index in [2.05, 4.69) is 5.32 Å². The molecule has 0 fully saturated rings. The molecule has 0 radical (unpaired) electrons. The first-order valence-corrected chi connectivity index (χ1v) is 7.75. The topological polar surface area (TPSA) is 75.3 Å². The van der Waals surface area contributed by atoms with Gasteiger partial charge in [0.05, 0.1) is 16.7 Å². The van der Waals surface area contributed by atoms with Crippen molar-refractivity contribution in [3.63, 3.8) is 0 Å². The van der Waals surface area contributed by atoms with E-state index in [9.17, 15) is 4.79 Å². The highest BCUT2D eigenvalue weighted by Crippen LogP contribution is 2.34. The van der Waals surface area contributed by atoms with Gasteiger partial charge in [0.25, 0.3) is 5.91 Å². The fourth-order valence-electron chi connectivity index (χ4n) is 1.92. The summed E-state index contributed by atoms with van der Waals surface area (Å²) in [5, 5.41) is 12.5. The minimum absolute atomic E-state index is 0.0656. The molecule has 2 rings (SSSR count). The first kappa shape index (κ1) is 18.1. The van der Waals surface area contributed by atoms with Gasteiger partial charge in [0.15, 0.2) is 0 Å². The van der Waals surface area contributed by atoms with Gasteiger partial charge in [-0.2, -0.15) is 5.26 Å². The zero-order valence-electron chi connectivity index (χ0n) is 12.8. The molecule has 0 aliphatic heterocycles. The van der Waals surface area contributed by atoms with Gasteiger partial charge in [0, 0.05) is 25.3 Å². The number of hydrogen-bond donors (Lipinski definition) is 1. The molecule has 0 bridgehead atoms. The molecule has 5 nitrogen and oxygen atoms in total. The van der Waals surface area contributed by atoms with Crippen LogP contribution in [0, 0.1) is 11.3 Å². The van der Waals surface area contributed by atoms with Crippen LogP contribution in [0.1, 0.15) is 5.76 Å². The molecule has 0 spiro atoms. The van der Waals surface area contributed by atoms with Crippen molar-refractivity contribution in [3.05, 3.63) is 51.7 Å². The van der Waals surface area contributed by atoms with Crippen molar-refractivity contribution >= 4 is 35.2 Å². The molecule has 1 amide bonds. The Morgan fingerprint density at radius 3 is 2.88 bits per heavy atom. The van der Waals surface area contributed by atoms with Gasteiger partial charge >= 0.3 is 0 Å². The van der Waals surface area contributed by atoms with Crippen molar-refractivity contribution in [3.8, 4) is 17.4 Å². The molecule has 0 saturated carbocycles. The maximum absolute atomic E-state index is 11.9. The normalized spacial score (nSPS) is 11.2. The van der Waals surface area contributed by atoms with Crippen LogP contribution in [0.2, 0.25) is 10.0 Å². The smallest absolute Gasteiger partial charge is 0.262 e. The molecule has 0 atom stereocenters. The molecule has 7 heteroatoms. The Kier molecular flexibility index (Phi) is 6.44. The number of methoxy groups -OCH3 is 1. The molecule has 1 aromatic carbocycles. The van der Waals surface area contributed by atoms with Crippen LogP contribution in [0.3, 0.4) is 0 Å².